The number of nitrogens with two attached hydrogens (primary N) is 1. The van der Waals surface area contributed by atoms with Gasteiger partial charge in [0.05, 0.1) is 0 Å². The third-order valence-corrected chi connectivity index (χ3v) is 3.79. The summed E-state index contributed by atoms with van der Waals surface area (Å²) in [5.41, 5.74) is 6.17. The van der Waals surface area contributed by atoms with Gasteiger partial charge < -0.3 is 5.73 Å². The van der Waals surface area contributed by atoms with Crippen molar-refractivity contribution in [2.45, 2.75) is 44.1 Å². The van der Waals surface area contributed by atoms with E-state index < -0.39 is 5.82 Å². The van der Waals surface area contributed by atoms with Gasteiger partial charge in [-0.3, -0.25) is 4.79 Å². The minimum Gasteiger partial charge on any atom is -0.325 e. The van der Waals surface area contributed by atoms with E-state index in [2.05, 4.69) is 0 Å². The number of Topliss-reactive ketones (excluding diaryl/α,β-unsaturated/α-hetero) is 1. The fourth-order valence-electron chi connectivity index (χ4n) is 2.59. The fraction of sp³-hybridized carbons (Fsp3) is 0.500. The highest BCUT2D eigenvalue weighted by Crippen LogP contribution is 2.30. The number of ketones is 1. The molecular weight excluding hydrogens is 253 g/mol. The summed E-state index contributed by atoms with van der Waals surface area (Å²) in [5, 5.41) is 0.342. The molecule has 1 saturated carbocycles. The molecule has 98 valence electrons. The molecule has 0 heterocycles. The van der Waals surface area contributed by atoms with Crippen LogP contribution >= 0.6 is 11.6 Å². The third-order valence-electron chi connectivity index (χ3n) is 3.55. The van der Waals surface area contributed by atoms with Crippen LogP contribution in [0.4, 0.5) is 4.39 Å². The Kier molecular flexibility index (Phi) is 4.03. The lowest BCUT2D eigenvalue weighted by molar-refractivity contribution is -0.119. The number of hydrogen-bond acceptors (Lipinski definition) is 2. The zero-order valence-corrected chi connectivity index (χ0v) is 11.0. The largest absolute Gasteiger partial charge is 0.325 e. The molecule has 1 aliphatic carbocycles. The number of carbonyl (C=O) groups excluding carboxylic acids is 1. The van der Waals surface area contributed by atoms with Crippen molar-refractivity contribution in [1.82, 2.24) is 0 Å². The van der Waals surface area contributed by atoms with E-state index in [1.807, 2.05) is 0 Å². The predicted molar refractivity (Wildman–Crippen MR) is 70.1 cm³/mol. The molecule has 0 bridgehead atoms. The molecule has 0 aromatic heterocycles. The van der Waals surface area contributed by atoms with Crippen LogP contribution < -0.4 is 5.73 Å². The molecular formula is C14H17ClFNO. The Hall–Kier alpha value is -0.930. The molecule has 0 amide bonds. The zero-order chi connectivity index (χ0) is 13.2. The van der Waals surface area contributed by atoms with Gasteiger partial charge in [0.2, 0.25) is 0 Å². The summed E-state index contributed by atoms with van der Waals surface area (Å²) in [7, 11) is 0. The minimum absolute atomic E-state index is 0.000576. The number of rotatable bonds is 4. The van der Waals surface area contributed by atoms with Crippen molar-refractivity contribution in [1.29, 1.82) is 0 Å². The quantitative estimate of drug-likeness (QED) is 0.912. The monoisotopic (exact) mass is 269 g/mol. The molecule has 0 spiro atoms. The summed E-state index contributed by atoms with van der Waals surface area (Å²) in [6.07, 6.45) is 4.39. The minimum atomic E-state index is -0.423. The second-order valence-corrected chi connectivity index (χ2v) is 5.63. The fourth-order valence-corrected chi connectivity index (χ4v) is 2.75. The van der Waals surface area contributed by atoms with E-state index in [9.17, 15) is 9.18 Å². The maximum absolute atomic E-state index is 13.6. The maximum Gasteiger partial charge on any atom is 0.139 e. The molecule has 1 fully saturated rings. The number of hydrogen-bond donors (Lipinski definition) is 1. The van der Waals surface area contributed by atoms with Gasteiger partial charge in [-0.25, -0.2) is 4.39 Å². The number of carbonyl (C=O) groups is 1. The predicted octanol–water partition coefficient (Wildman–Crippen LogP) is 3.25. The van der Waals surface area contributed by atoms with Gasteiger partial charge in [0.15, 0.2) is 0 Å². The average molecular weight is 270 g/mol. The van der Waals surface area contributed by atoms with E-state index in [4.69, 9.17) is 17.3 Å². The second kappa shape index (κ2) is 5.37. The molecule has 1 aliphatic rings. The smallest absolute Gasteiger partial charge is 0.139 e. The second-order valence-electron chi connectivity index (χ2n) is 5.20. The van der Waals surface area contributed by atoms with Gasteiger partial charge in [-0.05, 0) is 30.5 Å². The van der Waals surface area contributed by atoms with E-state index in [1.54, 1.807) is 12.1 Å². The maximum atomic E-state index is 13.6. The first-order valence-electron chi connectivity index (χ1n) is 6.23. The summed E-state index contributed by atoms with van der Waals surface area (Å²) in [6, 6.07) is 4.40. The number of halogens is 2. The lowest BCUT2D eigenvalue weighted by Crippen LogP contribution is -2.39. The van der Waals surface area contributed by atoms with E-state index >= 15 is 0 Å². The molecule has 2 nitrogen and oxygen atoms in total. The summed E-state index contributed by atoms with van der Waals surface area (Å²) in [6.45, 7) is 0. The Labute approximate surface area is 111 Å². The van der Waals surface area contributed by atoms with Crippen molar-refractivity contribution in [2.75, 3.05) is 0 Å². The van der Waals surface area contributed by atoms with Crippen LogP contribution in [0.3, 0.4) is 0 Å². The molecule has 0 saturated heterocycles. The van der Waals surface area contributed by atoms with Gasteiger partial charge in [0.1, 0.15) is 11.6 Å². The van der Waals surface area contributed by atoms with Crippen LogP contribution in [0.15, 0.2) is 18.2 Å². The van der Waals surface area contributed by atoms with E-state index in [1.165, 1.54) is 6.07 Å². The lowest BCUT2D eigenvalue weighted by atomic mass is 9.90. The Balaban J connectivity index is 1.98. The van der Waals surface area contributed by atoms with E-state index in [0.29, 0.717) is 17.0 Å². The van der Waals surface area contributed by atoms with Gasteiger partial charge in [-0.15, -0.1) is 0 Å². The van der Waals surface area contributed by atoms with Crippen LogP contribution in [-0.4, -0.2) is 11.3 Å². The van der Waals surface area contributed by atoms with Crippen molar-refractivity contribution in [2.24, 2.45) is 5.73 Å². The Morgan fingerprint density at radius 1 is 1.39 bits per heavy atom. The topological polar surface area (TPSA) is 43.1 Å². The van der Waals surface area contributed by atoms with Crippen LogP contribution in [-0.2, 0) is 11.2 Å². The van der Waals surface area contributed by atoms with Crippen molar-refractivity contribution in [3.63, 3.8) is 0 Å². The van der Waals surface area contributed by atoms with Crippen molar-refractivity contribution in [3.05, 3.63) is 34.6 Å². The molecule has 0 aliphatic heterocycles. The first-order valence-corrected chi connectivity index (χ1v) is 6.61. The highest BCUT2D eigenvalue weighted by Gasteiger charge is 2.31. The highest BCUT2D eigenvalue weighted by molar-refractivity contribution is 6.30. The van der Waals surface area contributed by atoms with Crippen molar-refractivity contribution in [3.8, 4) is 0 Å². The van der Waals surface area contributed by atoms with Crippen LogP contribution in [0.2, 0.25) is 5.02 Å². The van der Waals surface area contributed by atoms with E-state index in [0.717, 1.165) is 25.7 Å². The molecule has 0 radical (unpaired) electrons. The van der Waals surface area contributed by atoms with Crippen LogP contribution in [0.1, 0.15) is 37.7 Å². The van der Waals surface area contributed by atoms with Gasteiger partial charge in [-0.2, -0.15) is 0 Å². The standard InChI is InChI=1S/C14H17ClFNO/c15-11-4-3-10(13(16)8-11)7-12(18)9-14(17)5-1-2-6-14/h3-4,8H,1-2,5-7,9,17H2. The van der Waals surface area contributed by atoms with Gasteiger partial charge in [0, 0.05) is 23.4 Å². The van der Waals surface area contributed by atoms with Gasteiger partial charge in [0.25, 0.3) is 0 Å². The molecule has 2 rings (SSSR count). The average Bonchev–Trinajstić information content (AvgIpc) is 2.69. The van der Waals surface area contributed by atoms with Gasteiger partial charge >= 0.3 is 0 Å². The van der Waals surface area contributed by atoms with Crippen molar-refractivity contribution < 1.29 is 9.18 Å². The first-order chi connectivity index (χ1) is 8.48. The Morgan fingerprint density at radius 2 is 2.06 bits per heavy atom. The van der Waals surface area contributed by atoms with Crippen LogP contribution in [0.5, 0.6) is 0 Å². The molecule has 0 unspecified atom stereocenters. The molecule has 1 aromatic carbocycles. The summed E-state index contributed by atoms with van der Waals surface area (Å²) >= 11 is 5.67. The zero-order valence-electron chi connectivity index (χ0n) is 10.2. The third kappa shape index (κ3) is 3.30. The van der Waals surface area contributed by atoms with Gasteiger partial charge in [-0.1, -0.05) is 30.5 Å². The summed E-state index contributed by atoms with van der Waals surface area (Å²) in [4.78, 5) is 11.9. The molecule has 1 aromatic rings. The normalized spacial score (nSPS) is 17.9. The molecule has 18 heavy (non-hydrogen) atoms. The van der Waals surface area contributed by atoms with Crippen LogP contribution in [0, 0.1) is 5.82 Å². The Bertz CT molecular complexity index is 455. The molecule has 4 heteroatoms. The number of benzene rings is 1. The lowest BCUT2D eigenvalue weighted by Gasteiger charge is -2.22. The SMILES string of the molecule is NC1(CC(=O)Cc2ccc(Cl)cc2F)CCCC1. The highest BCUT2D eigenvalue weighted by atomic mass is 35.5. The van der Waals surface area contributed by atoms with Crippen molar-refractivity contribution >= 4 is 17.4 Å². The first kappa shape index (κ1) is 13.5. The summed E-state index contributed by atoms with van der Waals surface area (Å²) < 4.78 is 13.6. The molecule has 2 N–H and O–H groups in total. The van der Waals surface area contributed by atoms with Crippen LogP contribution in [0.25, 0.3) is 0 Å². The Morgan fingerprint density at radius 3 is 2.67 bits per heavy atom. The summed E-state index contributed by atoms with van der Waals surface area (Å²) in [5.74, 6) is -0.422. The van der Waals surface area contributed by atoms with E-state index in [-0.39, 0.29) is 17.7 Å². The molecule has 0 atom stereocenters.